The Morgan fingerprint density at radius 3 is 2.62 bits per heavy atom. The molecule has 0 aliphatic carbocycles. The van der Waals surface area contributed by atoms with E-state index in [1.165, 1.54) is 13.1 Å². The molecule has 0 radical (unpaired) electrons. The van der Waals surface area contributed by atoms with Crippen molar-refractivity contribution in [1.29, 1.82) is 5.26 Å². The lowest BCUT2D eigenvalue weighted by Crippen LogP contribution is -2.29. The Bertz CT molecular complexity index is 1930. The molecule has 4 N–H and O–H groups in total. The average molecular weight is 641 g/mol. The van der Waals surface area contributed by atoms with E-state index in [1.54, 1.807) is 6.07 Å². The molecule has 1 amide bonds. The minimum absolute atomic E-state index is 0.162. The van der Waals surface area contributed by atoms with E-state index in [1.807, 2.05) is 66.3 Å². The van der Waals surface area contributed by atoms with Crippen LogP contribution in [0.1, 0.15) is 54.2 Å². The van der Waals surface area contributed by atoms with Gasteiger partial charge < -0.3 is 21.3 Å². The maximum absolute atomic E-state index is 11.8. The normalized spacial score (nSPS) is 14.1. The number of amides is 1. The summed E-state index contributed by atoms with van der Waals surface area (Å²) in [6, 6.07) is 19.0. The Kier molecular flexibility index (Phi) is 8.85. The smallest absolute Gasteiger partial charge is 0.221 e. The topological polar surface area (TPSA) is 133 Å². The Morgan fingerprint density at radius 2 is 1.87 bits per heavy atom. The highest BCUT2D eigenvalue weighted by atomic mass is 35.5. The third-order valence-electron chi connectivity index (χ3n) is 7.84. The third-order valence-corrected chi connectivity index (χ3v) is 8.54. The van der Waals surface area contributed by atoms with Crippen LogP contribution in [-0.2, 0) is 4.79 Å². The molecular weight excluding hydrogens is 609 g/mol. The van der Waals surface area contributed by atoms with Crippen LogP contribution < -0.4 is 21.3 Å². The number of benzene rings is 3. The van der Waals surface area contributed by atoms with Crippen LogP contribution in [0.2, 0.25) is 10.0 Å². The van der Waals surface area contributed by atoms with Crippen LogP contribution in [0.5, 0.6) is 0 Å². The lowest BCUT2D eigenvalue weighted by atomic mass is 10.0. The average Bonchev–Trinajstić information content (AvgIpc) is 3.52. The van der Waals surface area contributed by atoms with Gasteiger partial charge in [0, 0.05) is 40.6 Å². The zero-order valence-electron chi connectivity index (χ0n) is 24.7. The number of fused-ring (bicyclic) bond motifs is 1. The highest BCUT2D eigenvalue weighted by molar-refractivity contribution is 6.36. The number of nitrogens with one attached hydrogen (secondary N) is 4. The molecule has 45 heavy (non-hydrogen) atoms. The highest BCUT2D eigenvalue weighted by Crippen LogP contribution is 2.37. The fourth-order valence-corrected chi connectivity index (χ4v) is 5.99. The van der Waals surface area contributed by atoms with Gasteiger partial charge in [0.15, 0.2) is 0 Å². The molecule has 0 spiro atoms. The summed E-state index contributed by atoms with van der Waals surface area (Å²) in [7, 11) is 0. The Morgan fingerprint density at radius 1 is 1.07 bits per heavy atom. The summed E-state index contributed by atoms with van der Waals surface area (Å²) in [5.41, 5.74) is 6.07. The number of aryl methyl sites for hydroxylation is 1. The van der Waals surface area contributed by atoms with Crippen molar-refractivity contribution in [3.63, 3.8) is 0 Å². The van der Waals surface area contributed by atoms with Gasteiger partial charge in [0.25, 0.3) is 0 Å². The fraction of sp³-hybridized carbons (Fsp3) is 0.242. The standard InChI is InChI=1S/C33H31Cl2N9O/c1-19-6-7-24(14-28(19)34)40-31-22(16-36)17-38-33-27(31)13-25(15-29(33)35)41-32(21-4-3-5-23(12-21)39-20(2)45)30-18-44(43-42-30)26-8-10-37-11-9-26/h3-7,12-15,17-18,26,32,37,41H,8-11H2,1-2H3,(H,38,40)(H,39,45)/t32-/m0/s1. The van der Waals surface area contributed by atoms with Gasteiger partial charge in [-0.15, -0.1) is 5.10 Å². The van der Waals surface area contributed by atoms with Crippen molar-refractivity contribution in [1.82, 2.24) is 25.3 Å². The maximum Gasteiger partial charge on any atom is 0.221 e. The second kappa shape index (κ2) is 13.1. The number of nitriles is 1. The first-order valence-electron chi connectivity index (χ1n) is 14.6. The lowest BCUT2D eigenvalue weighted by molar-refractivity contribution is -0.114. The molecule has 2 aromatic heterocycles. The summed E-state index contributed by atoms with van der Waals surface area (Å²) >= 11 is 13.2. The monoisotopic (exact) mass is 639 g/mol. The number of rotatable bonds is 8. The van der Waals surface area contributed by atoms with Crippen LogP contribution in [0.25, 0.3) is 10.9 Å². The van der Waals surface area contributed by atoms with E-state index in [-0.39, 0.29) is 11.9 Å². The van der Waals surface area contributed by atoms with Crippen LogP contribution in [0.3, 0.4) is 0 Å². The molecule has 0 bridgehead atoms. The molecule has 1 atom stereocenters. The first-order valence-corrected chi connectivity index (χ1v) is 15.4. The molecule has 0 saturated carbocycles. The second-order valence-electron chi connectivity index (χ2n) is 11.1. The second-order valence-corrected chi connectivity index (χ2v) is 11.9. The van der Waals surface area contributed by atoms with Gasteiger partial charge in [-0.1, -0.05) is 46.6 Å². The summed E-state index contributed by atoms with van der Waals surface area (Å²) in [6.45, 7) is 5.27. The third kappa shape index (κ3) is 6.71. The largest absolute Gasteiger partial charge is 0.373 e. The minimum atomic E-state index is -0.442. The number of pyridine rings is 1. The Balaban J connectivity index is 1.43. The quantitative estimate of drug-likeness (QED) is 0.141. The van der Waals surface area contributed by atoms with Crippen LogP contribution in [0.4, 0.5) is 22.7 Å². The van der Waals surface area contributed by atoms with Gasteiger partial charge >= 0.3 is 0 Å². The molecule has 1 aliphatic rings. The van der Waals surface area contributed by atoms with Crippen molar-refractivity contribution in [2.45, 2.75) is 38.8 Å². The van der Waals surface area contributed by atoms with Gasteiger partial charge in [0.1, 0.15) is 11.8 Å². The Hall–Kier alpha value is -4.69. The van der Waals surface area contributed by atoms with E-state index in [2.05, 4.69) is 42.6 Å². The van der Waals surface area contributed by atoms with Crippen molar-refractivity contribution < 1.29 is 4.79 Å². The molecule has 3 aromatic carbocycles. The molecule has 228 valence electrons. The summed E-state index contributed by atoms with van der Waals surface area (Å²) in [5.74, 6) is -0.162. The zero-order chi connectivity index (χ0) is 31.5. The van der Waals surface area contributed by atoms with Gasteiger partial charge in [-0.3, -0.25) is 9.78 Å². The number of aromatic nitrogens is 4. The summed E-state index contributed by atoms with van der Waals surface area (Å²) in [6.07, 6.45) is 5.42. The molecule has 10 nitrogen and oxygen atoms in total. The van der Waals surface area contributed by atoms with Crippen LogP contribution in [-0.4, -0.2) is 39.0 Å². The fourth-order valence-electron chi connectivity index (χ4n) is 5.54. The van der Waals surface area contributed by atoms with E-state index in [0.29, 0.717) is 49.3 Å². The molecule has 6 rings (SSSR count). The first-order chi connectivity index (χ1) is 21.8. The van der Waals surface area contributed by atoms with Gasteiger partial charge in [-0.2, -0.15) is 5.26 Å². The Labute approximate surface area is 270 Å². The van der Waals surface area contributed by atoms with Crippen molar-refractivity contribution in [2.75, 3.05) is 29.0 Å². The van der Waals surface area contributed by atoms with E-state index < -0.39 is 6.04 Å². The van der Waals surface area contributed by atoms with E-state index >= 15 is 0 Å². The van der Waals surface area contributed by atoms with Gasteiger partial charge in [-0.25, -0.2) is 4.68 Å². The molecule has 1 fully saturated rings. The van der Waals surface area contributed by atoms with Crippen molar-refractivity contribution in [3.8, 4) is 6.07 Å². The number of carbonyl (C=O) groups excluding carboxylic acids is 1. The van der Waals surface area contributed by atoms with Gasteiger partial charge in [0.05, 0.1) is 40.1 Å². The van der Waals surface area contributed by atoms with Crippen molar-refractivity contribution in [3.05, 3.63) is 99.4 Å². The summed E-state index contributed by atoms with van der Waals surface area (Å²) < 4.78 is 1.94. The first kappa shape index (κ1) is 30.3. The molecule has 1 saturated heterocycles. The molecular formula is C33H31Cl2N9O. The molecule has 0 unspecified atom stereocenters. The zero-order valence-corrected chi connectivity index (χ0v) is 26.2. The number of anilines is 4. The van der Waals surface area contributed by atoms with E-state index in [9.17, 15) is 10.1 Å². The van der Waals surface area contributed by atoms with Gasteiger partial charge in [0.2, 0.25) is 5.91 Å². The highest BCUT2D eigenvalue weighted by Gasteiger charge is 2.23. The predicted octanol–water partition coefficient (Wildman–Crippen LogP) is 7.14. The van der Waals surface area contributed by atoms with Crippen molar-refractivity contribution in [2.24, 2.45) is 0 Å². The molecule has 5 aromatic rings. The predicted molar refractivity (Wildman–Crippen MR) is 178 cm³/mol. The van der Waals surface area contributed by atoms with Crippen molar-refractivity contribution >= 4 is 62.8 Å². The van der Waals surface area contributed by atoms with E-state index in [0.717, 1.165) is 42.7 Å². The van der Waals surface area contributed by atoms with Gasteiger partial charge in [-0.05, 0) is 80.4 Å². The summed E-state index contributed by atoms with van der Waals surface area (Å²) in [4.78, 5) is 16.3. The minimum Gasteiger partial charge on any atom is -0.373 e. The van der Waals surface area contributed by atoms with Crippen LogP contribution in [0, 0.1) is 18.3 Å². The molecule has 3 heterocycles. The number of hydrogen-bond acceptors (Lipinski definition) is 8. The number of halogens is 2. The maximum atomic E-state index is 11.8. The van der Waals surface area contributed by atoms with Crippen LogP contribution >= 0.6 is 23.2 Å². The molecule has 12 heteroatoms. The number of hydrogen-bond donors (Lipinski definition) is 4. The number of nitrogens with zero attached hydrogens (tertiary/aromatic N) is 5. The van der Waals surface area contributed by atoms with E-state index in [4.69, 9.17) is 23.2 Å². The van der Waals surface area contributed by atoms with Crippen LogP contribution in [0.15, 0.2) is 67.0 Å². The summed E-state index contributed by atoms with van der Waals surface area (Å²) in [5, 5.41) is 34.0. The SMILES string of the molecule is CC(=O)Nc1cccc([C@H](Nc2cc(Cl)c3ncc(C#N)c(Nc4ccc(C)c(Cl)c4)c3c2)c2cn(C3CCNCC3)nn2)c1. The lowest BCUT2D eigenvalue weighted by Gasteiger charge is -2.23. The molecule has 1 aliphatic heterocycles. The number of carbonyl (C=O) groups is 1. The number of piperidine rings is 1.